The topological polar surface area (TPSA) is 127 Å². The van der Waals surface area contributed by atoms with Crippen LogP contribution in [0.1, 0.15) is 45.7 Å². The molecule has 0 bridgehead atoms. The van der Waals surface area contributed by atoms with Crippen LogP contribution in [0.4, 0.5) is 0 Å². The lowest BCUT2D eigenvalue weighted by Crippen LogP contribution is -2.40. The second-order valence-electron chi connectivity index (χ2n) is 7.57. The molecule has 166 valence electrons. The first kappa shape index (κ1) is 23.9. The lowest BCUT2D eigenvalue weighted by atomic mass is 9.87. The predicted octanol–water partition coefficient (Wildman–Crippen LogP) is 4.93. The Balaban J connectivity index is 2.27. The van der Waals surface area contributed by atoms with Gasteiger partial charge in [-0.05, 0) is 50.2 Å². The fourth-order valence-electron chi connectivity index (χ4n) is 3.56. The third-order valence-corrected chi connectivity index (χ3v) is 7.08. The lowest BCUT2D eigenvalue weighted by Gasteiger charge is -2.35. The van der Waals surface area contributed by atoms with Gasteiger partial charge in [0, 0.05) is 20.9 Å². The third-order valence-electron chi connectivity index (χ3n) is 4.81. The van der Waals surface area contributed by atoms with Crippen LogP contribution in [0.3, 0.4) is 0 Å². The smallest absolute Gasteiger partial charge is 0.336 e. The highest BCUT2D eigenvalue weighted by atomic mass is 32.2. The molecule has 0 heterocycles. The second-order valence-corrected chi connectivity index (χ2v) is 10.6. The molecule has 0 aromatic heterocycles. The number of nitrogens with two attached hydrogens (primary N) is 2. The molecule has 2 unspecified atom stereocenters. The van der Waals surface area contributed by atoms with Crippen molar-refractivity contribution in [2.75, 3.05) is 0 Å². The van der Waals surface area contributed by atoms with E-state index < -0.39 is 21.7 Å². The van der Waals surface area contributed by atoms with E-state index in [0.29, 0.717) is 0 Å². The molecule has 3 aromatic rings. The van der Waals surface area contributed by atoms with Gasteiger partial charge in [0.25, 0.3) is 0 Å². The summed E-state index contributed by atoms with van der Waals surface area (Å²) in [5, 5.41) is 19.9. The van der Waals surface area contributed by atoms with Crippen LogP contribution in [0.15, 0.2) is 82.6 Å². The van der Waals surface area contributed by atoms with Crippen LogP contribution in [-0.2, 0) is 9.74 Å². The molecule has 0 saturated carbocycles. The van der Waals surface area contributed by atoms with Gasteiger partial charge in [0.2, 0.25) is 0 Å². The normalized spacial score (nSPS) is 14.9. The molecule has 0 spiro atoms. The fraction of sp³-hybridized carbons (Fsp3) is 0.167. The molecule has 6 nitrogen and oxygen atoms in total. The average Bonchev–Trinajstić information content (AvgIpc) is 2.73. The maximum absolute atomic E-state index is 12.2. The molecule has 6 N–H and O–H groups in total. The predicted molar refractivity (Wildman–Crippen MR) is 128 cm³/mol. The van der Waals surface area contributed by atoms with E-state index in [1.54, 1.807) is 13.8 Å². The molecule has 0 amide bonds. The van der Waals surface area contributed by atoms with Crippen molar-refractivity contribution in [1.82, 2.24) is 0 Å². The Kier molecular flexibility index (Phi) is 7.00. The lowest BCUT2D eigenvalue weighted by molar-refractivity contribution is 0.0677. The van der Waals surface area contributed by atoms with Crippen LogP contribution >= 0.6 is 23.5 Å². The van der Waals surface area contributed by atoms with Crippen molar-refractivity contribution in [2.45, 2.75) is 33.4 Å². The molecular formula is C24H24N2O4S2. The molecule has 32 heavy (non-hydrogen) atoms. The Morgan fingerprint density at radius 3 is 1.25 bits per heavy atom. The number of rotatable bonds is 8. The first-order chi connectivity index (χ1) is 15.0. The van der Waals surface area contributed by atoms with Gasteiger partial charge in [-0.2, -0.15) is 0 Å². The Morgan fingerprint density at radius 1 is 0.656 bits per heavy atom. The second kappa shape index (κ2) is 9.38. The maximum atomic E-state index is 12.2. The van der Waals surface area contributed by atoms with E-state index in [9.17, 15) is 19.8 Å². The number of thioether (sulfide) groups is 2. The number of aromatic carboxylic acids is 2. The summed E-state index contributed by atoms with van der Waals surface area (Å²) in [4.78, 5) is 23.4. The summed E-state index contributed by atoms with van der Waals surface area (Å²) in [6, 6.07) is 21.1. The number of carboxylic acids is 2. The third kappa shape index (κ3) is 5.16. The minimum absolute atomic E-state index is 0.0798. The van der Waals surface area contributed by atoms with Crippen molar-refractivity contribution in [2.24, 2.45) is 11.5 Å². The molecule has 8 heteroatoms. The number of carboxylic acid groups (broad SMARTS) is 2. The van der Waals surface area contributed by atoms with Crippen molar-refractivity contribution in [3.8, 4) is 0 Å². The van der Waals surface area contributed by atoms with E-state index in [-0.39, 0.29) is 22.3 Å². The molecule has 2 atom stereocenters. The summed E-state index contributed by atoms with van der Waals surface area (Å²) >= 11 is 2.49. The van der Waals surface area contributed by atoms with Gasteiger partial charge in [0.05, 0.1) is 20.9 Å². The van der Waals surface area contributed by atoms with Crippen LogP contribution in [0.5, 0.6) is 0 Å². The van der Waals surface area contributed by atoms with Gasteiger partial charge in [0.1, 0.15) is 0 Å². The van der Waals surface area contributed by atoms with Gasteiger partial charge in [-0.25, -0.2) is 9.59 Å². The zero-order valence-corrected chi connectivity index (χ0v) is 19.2. The van der Waals surface area contributed by atoms with E-state index in [0.717, 1.165) is 9.79 Å². The highest BCUT2D eigenvalue weighted by Gasteiger charge is 2.40. The fourth-order valence-corrected chi connectivity index (χ4v) is 5.75. The van der Waals surface area contributed by atoms with Crippen LogP contribution in [0, 0.1) is 0 Å². The average molecular weight is 469 g/mol. The van der Waals surface area contributed by atoms with E-state index in [1.807, 2.05) is 60.7 Å². The standard InChI is InChI=1S/C24H24N2O4S2/c1-23(25,31-15-9-5-3-6-10-15)19-17(21(27)28)13-14-18(22(29)30)20(19)24(2,26)32-16-11-7-4-8-12-16/h3-14H,25-26H2,1-2H3,(H,27,28)(H,29,30). The number of benzene rings is 3. The van der Waals surface area contributed by atoms with Gasteiger partial charge in [-0.3, -0.25) is 0 Å². The van der Waals surface area contributed by atoms with E-state index in [2.05, 4.69) is 0 Å². The first-order valence-electron chi connectivity index (χ1n) is 9.73. The molecule has 0 fully saturated rings. The van der Waals surface area contributed by atoms with Crippen LogP contribution in [0.2, 0.25) is 0 Å². The van der Waals surface area contributed by atoms with Gasteiger partial charge in [0.15, 0.2) is 0 Å². The minimum Gasteiger partial charge on any atom is -0.478 e. The summed E-state index contributed by atoms with van der Waals surface area (Å²) in [5.74, 6) is -2.41. The Morgan fingerprint density at radius 2 is 0.969 bits per heavy atom. The van der Waals surface area contributed by atoms with Gasteiger partial charge < -0.3 is 21.7 Å². The van der Waals surface area contributed by atoms with Gasteiger partial charge >= 0.3 is 11.9 Å². The van der Waals surface area contributed by atoms with Crippen LogP contribution < -0.4 is 11.5 Å². The van der Waals surface area contributed by atoms with Crippen LogP contribution in [-0.4, -0.2) is 22.2 Å². The summed E-state index contributed by atoms with van der Waals surface area (Å²) < 4.78 is 0. The summed E-state index contributed by atoms with van der Waals surface area (Å²) in [6.45, 7) is 3.34. The monoisotopic (exact) mass is 468 g/mol. The maximum Gasteiger partial charge on any atom is 0.336 e. The highest BCUT2D eigenvalue weighted by molar-refractivity contribution is 8.00. The van der Waals surface area contributed by atoms with Crippen molar-refractivity contribution >= 4 is 35.5 Å². The SMILES string of the molecule is CC(N)(Sc1ccccc1)c1c(C(=O)O)ccc(C(=O)O)c1C(C)(N)Sc1ccccc1. The molecule has 0 aliphatic rings. The van der Waals surface area contributed by atoms with Gasteiger partial charge in [-0.1, -0.05) is 59.9 Å². The van der Waals surface area contributed by atoms with E-state index in [1.165, 1.54) is 35.7 Å². The molecule has 0 saturated heterocycles. The van der Waals surface area contributed by atoms with Gasteiger partial charge in [-0.15, -0.1) is 0 Å². The zero-order valence-electron chi connectivity index (χ0n) is 17.6. The van der Waals surface area contributed by atoms with Crippen LogP contribution in [0.25, 0.3) is 0 Å². The Labute approximate surface area is 195 Å². The molecule has 3 aromatic carbocycles. The van der Waals surface area contributed by atoms with Crippen molar-refractivity contribution in [1.29, 1.82) is 0 Å². The summed E-state index contributed by atoms with van der Waals surface area (Å²) in [6.07, 6.45) is 0. The largest absolute Gasteiger partial charge is 0.478 e. The number of hydrogen-bond acceptors (Lipinski definition) is 6. The molecule has 3 rings (SSSR count). The Hall–Kier alpha value is -2.78. The number of hydrogen-bond donors (Lipinski definition) is 4. The van der Waals surface area contributed by atoms with E-state index >= 15 is 0 Å². The Bertz CT molecular complexity index is 1040. The summed E-state index contributed by atoms with van der Waals surface area (Å²) in [7, 11) is 0. The quantitative estimate of drug-likeness (QED) is 0.271. The zero-order chi connectivity index (χ0) is 23.5. The molecular weight excluding hydrogens is 444 g/mol. The van der Waals surface area contributed by atoms with Crippen molar-refractivity contribution in [3.63, 3.8) is 0 Å². The number of carbonyl (C=O) groups is 2. The minimum atomic E-state index is -1.28. The van der Waals surface area contributed by atoms with Crippen molar-refractivity contribution in [3.05, 3.63) is 95.1 Å². The van der Waals surface area contributed by atoms with E-state index in [4.69, 9.17) is 11.5 Å². The highest BCUT2D eigenvalue weighted by Crippen LogP contribution is 2.47. The molecule has 0 radical (unpaired) electrons. The molecule has 0 aliphatic carbocycles. The van der Waals surface area contributed by atoms with Crippen molar-refractivity contribution < 1.29 is 19.8 Å². The first-order valence-corrected chi connectivity index (χ1v) is 11.4. The summed E-state index contributed by atoms with van der Waals surface area (Å²) in [5.41, 5.74) is 13.6. The molecule has 0 aliphatic heterocycles.